The van der Waals surface area contributed by atoms with E-state index in [0.29, 0.717) is 11.3 Å². The maximum Gasteiger partial charge on any atom is 0.337 e. The average Bonchev–Trinajstić information content (AvgIpc) is 3.12. The summed E-state index contributed by atoms with van der Waals surface area (Å²) in [6.07, 6.45) is 1.85. The molecule has 0 saturated heterocycles. The highest BCUT2D eigenvalue weighted by Crippen LogP contribution is 2.33. The fourth-order valence-corrected chi connectivity index (χ4v) is 4.15. The van der Waals surface area contributed by atoms with Gasteiger partial charge in [0.2, 0.25) is 0 Å². The molecule has 8 heteroatoms. The number of hydrogen-bond acceptors (Lipinski definition) is 7. The lowest BCUT2D eigenvalue weighted by Gasteiger charge is -2.11. The molecule has 134 valence electrons. The van der Waals surface area contributed by atoms with Gasteiger partial charge in [-0.25, -0.2) is 9.78 Å². The van der Waals surface area contributed by atoms with Crippen molar-refractivity contribution in [2.45, 2.75) is 4.90 Å². The lowest BCUT2D eigenvalue weighted by molar-refractivity contribution is 0.0600. The smallest absolute Gasteiger partial charge is 0.337 e. The van der Waals surface area contributed by atoms with E-state index in [9.17, 15) is 4.79 Å². The fourth-order valence-electron chi connectivity index (χ4n) is 2.21. The normalized spacial score (nSPS) is 10.4. The van der Waals surface area contributed by atoms with Gasteiger partial charge in [0.1, 0.15) is 5.75 Å². The van der Waals surface area contributed by atoms with Gasteiger partial charge in [-0.1, -0.05) is 12.1 Å². The molecule has 26 heavy (non-hydrogen) atoms. The summed E-state index contributed by atoms with van der Waals surface area (Å²) in [6, 6.07) is 13.3. The number of hydrogen-bond donors (Lipinski definition) is 1. The van der Waals surface area contributed by atoms with Crippen LogP contribution in [-0.4, -0.2) is 25.2 Å². The summed E-state index contributed by atoms with van der Waals surface area (Å²) in [4.78, 5) is 18.0. The lowest BCUT2D eigenvalue weighted by Crippen LogP contribution is -2.02. The lowest BCUT2D eigenvalue weighted by atomic mass is 10.2. The van der Waals surface area contributed by atoms with Gasteiger partial charge < -0.3 is 14.2 Å². The van der Waals surface area contributed by atoms with Gasteiger partial charge >= 0.3 is 5.97 Å². The number of benzene rings is 2. The molecule has 3 rings (SSSR count). The Morgan fingerprint density at radius 1 is 1.19 bits per heavy atom. The summed E-state index contributed by atoms with van der Waals surface area (Å²) in [5.74, 6) is 0.180. The number of carbonyl (C=O) groups excluding carboxylic acids is 1. The minimum Gasteiger partial charge on any atom is -0.495 e. The Bertz CT molecular complexity index is 913. The van der Waals surface area contributed by atoms with E-state index in [0.717, 1.165) is 24.9 Å². The molecule has 0 unspecified atom stereocenters. The van der Waals surface area contributed by atoms with Crippen molar-refractivity contribution in [1.29, 1.82) is 0 Å². The zero-order valence-corrected chi connectivity index (χ0v) is 17.2. The SMILES string of the molecule is COC(=O)c1ccc(NSc2ccc(-c3cnc(Br)s3)cc2)c(OC)c1. The first-order valence-electron chi connectivity index (χ1n) is 7.51. The second-order valence-corrected chi connectivity index (χ2v) is 8.30. The number of nitrogens with one attached hydrogen (secondary N) is 1. The van der Waals surface area contributed by atoms with Gasteiger partial charge in [0.15, 0.2) is 3.92 Å². The molecule has 2 aromatic carbocycles. The molecule has 1 N–H and O–H groups in total. The molecule has 0 spiro atoms. The molecule has 0 bridgehead atoms. The molecular formula is C18H15BrN2O3S2. The van der Waals surface area contributed by atoms with Gasteiger partial charge in [-0.3, -0.25) is 0 Å². The van der Waals surface area contributed by atoms with Crippen LogP contribution < -0.4 is 9.46 Å². The summed E-state index contributed by atoms with van der Waals surface area (Å²) < 4.78 is 14.2. The molecule has 3 aromatic rings. The van der Waals surface area contributed by atoms with Crippen LogP contribution in [0.25, 0.3) is 10.4 Å². The number of anilines is 1. The highest BCUT2D eigenvalue weighted by Gasteiger charge is 2.11. The Morgan fingerprint density at radius 2 is 1.96 bits per heavy atom. The number of esters is 1. The number of carbonyl (C=O) groups is 1. The van der Waals surface area contributed by atoms with Gasteiger partial charge in [-0.2, -0.15) is 0 Å². The van der Waals surface area contributed by atoms with Crippen molar-refractivity contribution in [2.75, 3.05) is 18.9 Å². The molecule has 0 aliphatic carbocycles. The molecule has 1 heterocycles. The number of ether oxygens (including phenoxy) is 2. The molecule has 5 nitrogen and oxygen atoms in total. The number of halogens is 1. The van der Waals surface area contributed by atoms with Gasteiger partial charge in [0.05, 0.1) is 30.3 Å². The number of rotatable bonds is 6. The first-order valence-corrected chi connectivity index (χ1v) is 9.94. The van der Waals surface area contributed by atoms with Crippen molar-refractivity contribution in [2.24, 2.45) is 0 Å². The number of thiazole rings is 1. The van der Waals surface area contributed by atoms with Crippen molar-refractivity contribution in [1.82, 2.24) is 4.98 Å². The van der Waals surface area contributed by atoms with Crippen LogP contribution in [0.15, 0.2) is 57.5 Å². The molecule has 0 saturated carbocycles. The molecule has 0 fully saturated rings. The van der Waals surface area contributed by atoms with Crippen LogP contribution in [0.1, 0.15) is 10.4 Å². The van der Waals surface area contributed by atoms with Crippen LogP contribution in [0.4, 0.5) is 5.69 Å². The predicted molar refractivity (Wildman–Crippen MR) is 109 cm³/mol. The van der Waals surface area contributed by atoms with Crippen molar-refractivity contribution in [3.8, 4) is 16.2 Å². The molecule has 0 aliphatic rings. The van der Waals surface area contributed by atoms with Crippen LogP contribution in [0.2, 0.25) is 0 Å². The maximum atomic E-state index is 11.6. The minimum absolute atomic E-state index is 0.396. The van der Waals surface area contributed by atoms with Crippen molar-refractivity contribution >= 4 is 50.9 Å². The van der Waals surface area contributed by atoms with E-state index < -0.39 is 5.97 Å². The summed E-state index contributed by atoms with van der Waals surface area (Å²) in [5.41, 5.74) is 2.35. The number of methoxy groups -OCH3 is 2. The second-order valence-electron chi connectivity index (χ2n) is 5.11. The zero-order valence-electron chi connectivity index (χ0n) is 14.0. The maximum absolute atomic E-state index is 11.6. The Hall–Kier alpha value is -2.03. The molecular weight excluding hydrogens is 436 g/mol. The zero-order chi connectivity index (χ0) is 18.5. The van der Waals surface area contributed by atoms with E-state index in [-0.39, 0.29) is 0 Å². The van der Waals surface area contributed by atoms with Crippen LogP contribution in [-0.2, 0) is 4.74 Å². The Morgan fingerprint density at radius 3 is 2.58 bits per heavy atom. The standard InChI is InChI=1S/C18H15BrN2O3S2/c1-23-15-9-12(17(22)24-2)5-8-14(15)21-26-13-6-3-11(4-7-13)16-10-20-18(19)25-16/h3-10,21H,1-2H3. The molecule has 0 aliphatic heterocycles. The van der Waals surface area contributed by atoms with Crippen LogP contribution in [0.5, 0.6) is 5.75 Å². The highest BCUT2D eigenvalue weighted by atomic mass is 79.9. The third-order valence-corrected chi connectivity index (χ3v) is 5.87. The van der Waals surface area contributed by atoms with E-state index in [1.807, 2.05) is 18.3 Å². The Balaban J connectivity index is 1.69. The summed E-state index contributed by atoms with van der Waals surface area (Å²) in [7, 11) is 2.92. The minimum atomic E-state index is -0.396. The third kappa shape index (κ3) is 4.38. The van der Waals surface area contributed by atoms with E-state index in [4.69, 9.17) is 9.47 Å². The van der Waals surface area contributed by atoms with E-state index >= 15 is 0 Å². The fraction of sp³-hybridized carbons (Fsp3) is 0.111. The first kappa shape index (κ1) is 18.8. The highest BCUT2D eigenvalue weighted by molar-refractivity contribution is 9.11. The van der Waals surface area contributed by atoms with Crippen molar-refractivity contribution in [3.05, 3.63) is 58.1 Å². The molecule has 1 aromatic heterocycles. The van der Waals surface area contributed by atoms with E-state index in [2.05, 4.69) is 37.8 Å². The quantitative estimate of drug-likeness (QED) is 0.395. The van der Waals surface area contributed by atoms with E-state index in [1.54, 1.807) is 36.6 Å². The van der Waals surface area contributed by atoms with Crippen LogP contribution in [0, 0.1) is 0 Å². The topological polar surface area (TPSA) is 60.5 Å². The van der Waals surface area contributed by atoms with Gasteiger partial charge in [0.25, 0.3) is 0 Å². The summed E-state index contributed by atoms with van der Waals surface area (Å²) in [6.45, 7) is 0. The second kappa shape index (κ2) is 8.57. The summed E-state index contributed by atoms with van der Waals surface area (Å²) in [5, 5.41) is 0. The molecule has 0 atom stereocenters. The first-order chi connectivity index (χ1) is 12.6. The predicted octanol–water partition coefficient (Wildman–Crippen LogP) is 5.49. The largest absolute Gasteiger partial charge is 0.495 e. The number of aromatic nitrogens is 1. The monoisotopic (exact) mass is 450 g/mol. The Kier molecular flexibility index (Phi) is 6.18. The number of nitrogens with zero attached hydrogens (tertiary/aromatic N) is 1. The van der Waals surface area contributed by atoms with Gasteiger partial charge in [-0.05, 0) is 63.8 Å². The van der Waals surface area contributed by atoms with Gasteiger partial charge in [0, 0.05) is 11.1 Å². The van der Waals surface area contributed by atoms with Gasteiger partial charge in [-0.15, -0.1) is 11.3 Å². The average molecular weight is 451 g/mol. The molecule has 0 radical (unpaired) electrons. The third-order valence-electron chi connectivity index (χ3n) is 3.52. The summed E-state index contributed by atoms with van der Waals surface area (Å²) >= 11 is 6.44. The molecule has 0 amide bonds. The van der Waals surface area contributed by atoms with Crippen molar-refractivity contribution < 1.29 is 14.3 Å². The van der Waals surface area contributed by atoms with Crippen molar-refractivity contribution in [3.63, 3.8) is 0 Å². The van der Waals surface area contributed by atoms with Crippen LogP contribution >= 0.6 is 39.2 Å². The van der Waals surface area contributed by atoms with E-state index in [1.165, 1.54) is 19.1 Å². The Labute approximate surface area is 168 Å². The van der Waals surface area contributed by atoms with Crippen LogP contribution in [0.3, 0.4) is 0 Å².